The Balaban J connectivity index is 2.73. The minimum Gasteiger partial charge on any atom is -0.298 e. The number of hydrogen-bond acceptors (Lipinski definition) is 3. The molecule has 1 saturated carbocycles. The molecule has 0 bridgehead atoms. The van der Waals surface area contributed by atoms with Crippen molar-refractivity contribution in [1.82, 2.24) is 10.2 Å². The lowest BCUT2D eigenvalue weighted by Crippen LogP contribution is -2.50. The van der Waals surface area contributed by atoms with E-state index in [0.29, 0.717) is 12.1 Å². The summed E-state index contributed by atoms with van der Waals surface area (Å²) >= 11 is 0. The summed E-state index contributed by atoms with van der Waals surface area (Å²) in [6.07, 6.45) is 4.17. The fraction of sp³-hybridized carbons (Fsp3) is 0.933. The molecular weight excluding hydrogens is 222 g/mol. The summed E-state index contributed by atoms with van der Waals surface area (Å²) in [5, 5.41) is 13.0. The van der Waals surface area contributed by atoms with Crippen LogP contribution in [0.4, 0.5) is 0 Å². The number of nitrogens with one attached hydrogen (secondary N) is 1. The molecule has 1 aliphatic rings. The quantitative estimate of drug-likeness (QED) is 0.816. The first-order valence-electron chi connectivity index (χ1n) is 7.18. The van der Waals surface area contributed by atoms with Crippen molar-refractivity contribution in [2.24, 2.45) is 0 Å². The third kappa shape index (κ3) is 3.24. The molecule has 104 valence electrons. The van der Waals surface area contributed by atoms with Gasteiger partial charge in [0.05, 0.1) is 6.07 Å². The molecule has 0 amide bonds. The fourth-order valence-corrected chi connectivity index (χ4v) is 2.91. The first kappa shape index (κ1) is 15.5. The minimum absolute atomic E-state index is 0.216. The van der Waals surface area contributed by atoms with Crippen molar-refractivity contribution in [2.75, 3.05) is 7.05 Å². The van der Waals surface area contributed by atoms with Gasteiger partial charge in [-0.25, -0.2) is 0 Å². The van der Waals surface area contributed by atoms with Gasteiger partial charge in [-0.3, -0.25) is 10.2 Å². The molecule has 0 radical (unpaired) electrons. The zero-order valence-corrected chi connectivity index (χ0v) is 12.9. The standard InChI is InChI=1S/C15H29N3/c1-7-14(4,5)18(6)13-8-9-15(10-13,11-16)17-12(2)3/h12-13,17H,7-10H2,1-6H3. The predicted molar refractivity (Wildman–Crippen MR) is 76.4 cm³/mol. The highest BCUT2D eigenvalue weighted by atomic mass is 15.2. The molecule has 2 unspecified atom stereocenters. The zero-order chi connectivity index (χ0) is 14.0. The average molecular weight is 251 g/mol. The Morgan fingerprint density at radius 3 is 2.56 bits per heavy atom. The Morgan fingerprint density at radius 1 is 1.50 bits per heavy atom. The molecular formula is C15H29N3. The van der Waals surface area contributed by atoms with E-state index in [2.05, 4.69) is 58.0 Å². The molecule has 0 aromatic carbocycles. The smallest absolute Gasteiger partial charge is 0.108 e. The molecule has 0 spiro atoms. The van der Waals surface area contributed by atoms with Gasteiger partial charge in [-0.2, -0.15) is 5.26 Å². The largest absolute Gasteiger partial charge is 0.298 e. The third-order valence-corrected chi connectivity index (χ3v) is 4.64. The van der Waals surface area contributed by atoms with Gasteiger partial charge in [-0.15, -0.1) is 0 Å². The molecule has 3 nitrogen and oxygen atoms in total. The maximum absolute atomic E-state index is 9.49. The van der Waals surface area contributed by atoms with Crippen molar-refractivity contribution in [3.8, 4) is 6.07 Å². The summed E-state index contributed by atoms with van der Waals surface area (Å²) < 4.78 is 0. The van der Waals surface area contributed by atoms with Crippen molar-refractivity contribution >= 4 is 0 Å². The first-order valence-corrected chi connectivity index (χ1v) is 7.18. The lowest BCUT2D eigenvalue weighted by atomic mass is 9.95. The topological polar surface area (TPSA) is 39.1 Å². The molecule has 3 heteroatoms. The van der Waals surface area contributed by atoms with Crippen LogP contribution in [0, 0.1) is 11.3 Å². The van der Waals surface area contributed by atoms with E-state index < -0.39 is 0 Å². The van der Waals surface area contributed by atoms with E-state index in [4.69, 9.17) is 0 Å². The number of rotatable bonds is 5. The van der Waals surface area contributed by atoms with Crippen LogP contribution in [0.2, 0.25) is 0 Å². The van der Waals surface area contributed by atoms with E-state index in [0.717, 1.165) is 25.7 Å². The van der Waals surface area contributed by atoms with E-state index in [1.54, 1.807) is 0 Å². The summed E-state index contributed by atoms with van der Waals surface area (Å²) in [5.41, 5.74) is -0.0923. The van der Waals surface area contributed by atoms with Crippen LogP contribution in [-0.2, 0) is 0 Å². The van der Waals surface area contributed by atoms with Gasteiger partial charge in [0.1, 0.15) is 5.54 Å². The van der Waals surface area contributed by atoms with E-state index in [-0.39, 0.29) is 11.1 Å². The van der Waals surface area contributed by atoms with Crippen LogP contribution in [0.25, 0.3) is 0 Å². The van der Waals surface area contributed by atoms with E-state index in [1.165, 1.54) is 0 Å². The summed E-state index contributed by atoms with van der Waals surface area (Å²) in [6.45, 7) is 11.0. The molecule has 18 heavy (non-hydrogen) atoms. The Kier molecular flexibility index (Phi) is 4.80. The Hall–Kier alpha value is -0.590. The number of nitrogens with zero attached hydrogens (tertiary/aromatic N) is 2. The van der Waals surface area contributed by atoms with Gasteiger partial charge >= 0.3 is 0 Å². The summed E-state index contributed by atoms with van der Waals surface area (Å²) in [5.74, 6) is 0. The number of hydrogen-bond donors (Lipinski definition) is 1. The van der Waals surface area contributed by atoms with Gasteiger partial charge < -0.3 is 0 Å². The van der Waals surface area contributed by atoms with Crippen LogP contribution in [0.15, 0.2) is 0 Å². The molecule has 0 saturated heterocycles. The molecule has 0 aromatic rings. The Morgan fingerprint density at radius 2 is 2.11 bits per heavy atom. The average Bonchev–Trinajstić information content (AvgIpc) is 2.72. The maximum atomic E-state index is 9.49. The molecule has 0 aromatic heterocycles. The molecule has 0 heterocycles. The van der Waals surface area contributed by atoms with Crippen molar-refractivity contribution in [2.45, 2.75) is 83.5 Å². The van der Waals surface area contributed by atoms with Gasteiger partial charge in [0.2, 0.25) is 0 Å². The van der Waals surface area contributed by atoms with E-state index >= 15 is 0 Å². The zero-order valence-electron chi connectivity index (χ0n) is 12.9. The van der Waals surface area contributed by atoms with Crippen LogP contribution in [0.1, 0.15) is 60.3 Å². The Labute approximate surface area is 113 Å². The lowest BCUT2D eigenvalue weighted by molar-refractivity contribution is 0.0963. The van der Waals surface area contributed by atoms with Crippen LogP contribution in [0.3, 0.4) is 0 Å². The Bertz CT molecular complexity index is 316. The lowest BCUT2D eigenvalue weighted by Gasteiger charge is -2.40. The highest BCUT2D eigenvalue weighted by Gasteiger charge is 2.43. The van der Waals surface area contributed by atoms with Crippen LogP contribution in [0.5, 0.6) is 0 Å². The maximum Gasteiger partial charge on any atom is 0.108 e. The van der Waals surface area contributed by atoms with Crippen LogP contribution < -0.4 is 5.32 Å². The van der Waals surface area contributed by atoms with Gasteiger partial charge in [-0.05, 0) is 60.4 Å². The molecule has 2 atom stereocenters. The van der Waals surface area contributed by atoms with Gasteiger partial charge in [0, 0.05) is 17.6 Å². The first-order chi connectivity index (χ1) is 8.26. The van der Waals surface area contributed by atoms with Crippen molar-refractivity contribution in [3.05, 3.63) is 0 Å². The van der Waals surface area contributed by atoms with Crippen LogP contribution in [-0.4, -0.2) is 35.1 Å². The van der Waals surface area contributed by atoms with Crippen molar-refractivity contribution in [3.63, 3.8) is 0 Å². The van der Waals surface area contributed by atoms with E-state index in [9.17, 15) is 5.26 Å². The van der Waals surface area contributed by atoms with Gasteiger partial charge in [-0.1, -0.05) is 6.92 Å². The van der Waals surface area contributed by atoms with Crippen molar-refractivity contribution < 1.29 is 0 Å². The fourth-order valence-electron chi connectivity index (χ4n) is 2.91. The third-order valence-electron chi connectivity index (χ3n) is 4.64. The molecule has 1 rings (SSSR count). The second-order valence-corrected chi connectivity index (χ2v) is 6.67. The monoisotopic (exact) mass is 251 g/mol. The van der Waals surface area contributed by atoms with Gasteiger partial charge in [0.15, 0.2) is 0 Å². The highest BCUT2D eigenvalue weighted by Crippen LogP contribution is 2.35. The summed E-state index contributed by atoms with van der Waals surface area (Å²) in [7, 11) is 2.21. The molecule has 1 fully saturated rings. The minimum atomic E-state index is -0.309. The normalized spacial score (nSPS) is 28.9. The predicted octanol–water partition coefficient (Wildman–Crippen LogP) is 2.92. The number of nitriles is 1. The highest BCUT2D eigenvalue weighted by molar-refractivity contribution is 5.14. The molecule has 1 N–H and O–H groups in total. The molecule has 1 aliphatic carbocycles. The SMILES string of the molecule is CCC(C)(C)N(C)C1CCC(C#N)(NC(C)C)C1. The molecule has 0 aliphatic heterocycles. The van der Waals surface area contributed by atoms with Crippen molar-refractivity contribution in [1.29, 1.82) is 5.26 Å². The summed E-state index contributed by atoms with van der Waals surface area (Å²) in [6, 6.07) is 3.41. The second kappa shape index (κ2) is 5.59. The second-order valence-electron chi connectivity index (χ2n) is 6.67. The van der Waals surface area contributed by atoms with Crippen LogP contribution >= 0.6 is 0 Å². The summed E-state index contributed by atoms with van der Waals surface area (Å²) in [4.78, 5) is 2.47. The van der Waals surface area contributed by atoms with Gasteiger partial charge in [0.25, 0.3) is 0 Å². The van der Waals surface area contributed by atoms with E-state index in [1.807, 2.05) is 0 Å².